The molecule has 6 nitrogen and oxygen atoms in total. The highest BCUT2D eigenvalue weighted by Gasteiger charge is 2.26. The smallest absolute Gasteiger partial charge is 0.227 e. The minimum absolute atomic E-state index is 0.214. The molecule has 0 amide bonds. The Labute approximate surface area is 132 Å². The number of morpholine rings is 1. The molecule has 0 unspecified atom stereocenters. The van der Waals surface area contributed by atoms with Crippen molar-refractivity contribution < 1.29 is 9.47 Å². The summed E-state index contributed by atoms with van der Waals surface area (Å²) < 4.78 is 11.4. The van der Waals surface area contributed by atoms with E-state index in [1.165, 1.54) is 0 Å². The summed E-state index contributed by atoms with van der Waals surface area (Å²) in [6.45, 7) is 7.59. The van der Waals surface area contributed by atoms with Crippen molar-refractivity contribution in [3.05, 3.63) is 12.3 Å². The molecule has 2 aliphatic heterocycles. The fourth-order valence-electron chi connectivity index (χ4n) is 3.08. The lowest BCUT2D eigenvalue weighted by Gasteiger charge is -2.36. The second-order valence-electron chi connectivity index (χ2n) is 6.18. The maximum atomic E-state index is 5.91. The van der Waals surface area contributed by atoms with Crippen LogP contribution in [0.5, 0.6) is 0 Å². The number of nitrogens with zero attached hydrogens (tertiary/aromatic N) is 3. The zero-order chi connectivity index (χ0) is 15.4. The Kier molecular flexibility index (Phi) is 5.10. The second kappa shape index (κ2) is 7.24. The minimum Gasteiger partial charge on any atom is -0.379 e. The molecule has 0 saturated carbocycles. The van der Waals surface area contributed by atoms with Crippen molar-refractivity contribution >= 4 is 11.8 Å². The van der Waals surface area contributed by atoms with Gasteiger partial charge in [-0.1, -0.05) is 6.92 Å². The zero-order valence-corrected chi connectivity index (χ0v) is 13.5. The van der Waals surface area contributed by atoms with Crippen molar-refractivity contribution in [2.45, 2.75) is 51.4 Å². The molecule has 1 aromatic heterocycles. The Bertz CT molecular complexity index is 479. The third kappa shape index (κ3) is 3.87. The van der Waals surface area contributed by atoms with Gasteiger partial charge in [0.15, 0.2) is 0 Å². The van der Waals surface area contributed by atoms with Crippen molar-refractivity contribution in [1.29, 1.82) is 0 Å². The summed E-state index contributed by atoms with van der Waals surface area (Å²) in [5.74, 6) is 1.67. The van der Waals surface area contributed by atoms with Crippen LogP contribution in [0, 0.1) is 0 Å². The standard InChI is InChI=1S/C16H26N4O2/c1-3-14-10-20(9-12(2)22-14)16-17-7-6-15(19-16)18-13-5-4-8-21-11-13/h6-7,12-14H,3-5,8-11H2,1-2H3,(H,17,18,19)/t12-,13-,14-/m1/s1. The molecule has 22 heavy (non-hydrogen) atoms. The van der Waals surface area contributed by atoms with Gasteiger partial charge in [-0.2, -0.15) is 4.98 Å². The first-order valence-electron chi connectivity index (χ1n) is 8.32. The zero-order valence-electron chi connectivity index (χ0n) is 13.5. The summed E-state index contributed by atoms with van der Waals surface area (Å²) in [4.78, 5) is 11.4. The largest absolute Gasteiger partial charge is 0.379 e. The highest BCUT2D eigenvalue weighted by molar-refractivity contribution is 5.42. The maximum Gasteiger partial charge on any atom is 0.227 e. The SMILES string of the molecule is CC[C@@H]1CN(c2nccc(N[C@@H]3CCCOC3)n2)C[C@@H](C)O1. The summed E-state index contributed by atoms with van der Waals surface area (Å²) in [5, 5.41) is 3.46. The van der Waals surface area contributed by atoms with Crippen molar-refractivity contribution in [3.8, 4) is 0 Å². The van der Waals surface area contributed by atoms with Crippen molar-refractivity contribution in [1.82, 2.24) is 9.97 Å². The van der Waals surface area contributed by atoms with Crippen molar-refractivity contribution in [2.24, 2.45) is 0 Å². The predicted molar refractivity (Wildman–Crippen MR) is 86.3 cm³/mol. The molecule has 3 rings (SSSR count). The average Bonchev–Trinajstić information content (AvgIpc) is 2.55. The van der Waals surface area contributed by atoms with E-state index >= 15 is 0 Å². The number of hydrogen-bond donors (Lipinski definition) is 1. The van der Waals surface area contributed by atoms with Crippen molar-refractivity contribution in [3.63, 3.8) is 0 Å². The molecular formula is C16H26N4O2. The summed E-state index contributed by atoms with van der Waals surface area (Å²) in [7, 11) is 0. The lowest BCUT2D eigenvalue weighted by Crippen LogP contribution is -2.47. The van der Waals surface area contributed by atoms with Crippen molar-refractivity contribution in [2.75, 3.05) is 36.5 Å². The quantitative estimate of drug-likeness (QED) is 0.919. The van der Waals surface area contributed by atoms with Gasteiger partial charge in [-0.05, 0) is 32.3 Å². The van der Waals surface area contributed by atoms with Gasteiger partial charge in [0.05, 0.1) is 24.9 Å². The normalized spacial score (nSPS) is 29.4. The highest BCUT2D eigenvalue weighted by atomic mass is 16.5. The minimum atomic E-state index is 0.214. The molecule has 0 bridgehead atoms. The van der Waals surface area contributed by atoms with E-state index in [1.54, 1.807) is 0 Å². The topological polar surface area (TPSA) is 59.5 Å². The average molecular weight is 306 g/mol. The molecule has 1 aromatic rings. The first kappa shape index (κ1) is 15.5. The van der Waals surface area contributed by atoms with Gasteiger partial charge in [-0.3, -0.25) is 0 Å². The van der Waals surface area contributed by atoms with E-state index in [0.717, 1.165) is 57.3 Å². The third-order valence-corrected chi connectivity index (χ3v) is 4.22. The first-order valence-corrected chi connectivity index (χ1v) is 8.32. The van der Waals surface area contributed by atoms with Crippen LogP contribution in [-0.4, -0.2) is 54.5 Å². The summed E-state index contributed by atoms with van der Waals surface area (Å²) in [5.41, 5.74) is 0. The molecule has 0 aromatic carbocycles. The summed E-state index contributed by atoms with van der Waals surface area (Å²) >= 11 is 0. The second-order valence-corrected chi connectivity index (χ2v) is 6.18. The lowest BCUT2D eigenvalue weighted by molar-refractivity contribution is -0.0177. The number of anilines is 2. The molecule has 3 heterocycles. The highest BCUT2D eigenvalue weighted by Crippen LogP contribution is 2.20. The van der Waals surface area contributed by atoms with E-state index in [2.05, 4.69) is 34.0 Å². The number of rotatable bonds is 4. The van der Waals surface area contributed by atoms with Crippen LogP contribution in [0.25, 0.3) is 0 Å². The Morgan fingerprint density at radius 1 is 1.41 bits per heavy atom. The van der Waals surface area contributed by atoms with E-state index in [1.807, 2.05) is 12.3 Å². The fraction of sp³-hybridized carbons (Fsp3) is 0.750. The predicted octanol–water partition coefficient (Wildman–Crippen LogP) is 2.07. The van der Waals surface area contributed by atoms with E-state index in [9.17, 15) is 0 Å². The molecule has 0 spiro atoms. The maximum absolute atomic E-state index is 5.91. The van der Waals surface area contributed by atoms with Gasteiger partial charge in [0.25, 0.3) is 0 Å². The number of ether oxygens (including phenoxy) is 2. The number of aromatic nitrogens is 2. The lowest BCUT2D eigenvalue weighted by atomic mass is 10.1. The molecule has 2 aliphatic rings. The van der Waals surface area contributed by atoms with Gasteiger partial charge in [-0.25, -0.2) is 4.98 Å². The van der Waals surface area contributed by atoms with Crippen LogP contribution >= 0.6 is 0 Å². The monoisotopic (exact) mass is 306 g/mol. The van der Waals surface area contributed by atoms with Crippen LogP contribution in [0.3, 0.4) is 0 Å². The Morgan fingerprint density at radius 2 is 2.32 bits per heavy atom. The van der Waals surface area contributed by atoms with Crippen LogP contribution in [0.4, 0.5) is 11.8 Å². The summed E-state index contributed by atoms with van der Waals surface area (Å²) in [6, 6.07) is 2.28. The van der Waals surface area contributed by atoms with Gasteiger partial charge in [0, 0.05) is 25.9 Å². The Morgan fingerprint density at radius 3 is 3.09 bits per heavy atom. The van der Waals surface area contributed by atoms with E-state index in [4.69, 9.17) is 9.47 Å². The number of hydrogen-bond acceptors (Lipinski definition) is 6. The molecule has 2 saturated heterocycles. The van der Waals surface area contributed by atoms with Crippen LogP contribution in [0.2, 0.25) is 0 Å². The molecular weight excluding hydrogens is 280 g/mol. The van der Waals surface area contributed by atoms with Crippen LogP contribution in [-0.2, 0) is 9.47 Å². The van der Waals surface area contributed by atoms with Gasteiger partial charge < -0.3 is 19.7 Å². The fourth-order valence-corrected chi connectivity index (χ4v) is 3.08. The molecule has 3 atom stereocenters. The third-order valence-electron chi connectivity index (χ3n) is 4.22. The van der Waals surface area contributed by atoms with Gasteiger partial charge >= 0.3 is 0 Å². The molecule has 0 radical (unpaired) electrons. The molecule has 0 aliphatic carbocycles. The van der Waals surface area contributed by atoms with E-state index in [-0.39, 0.29) is 12.2 Å². The van der Waals surface area contributed by atoms with Gasteiger partial charge in [-0.15, -0.1) is 0 Å². The summed E-state index contributed by atoms with van der Waals surface area (Å²) in [6.07, 6.45) is 5.55. The first-order chi connectivity index (χ1) is 10.7. The molecule has 2 fully saturated rings. The van der Waals surface area contributed by atoms with Gasteiger partial charge in [0.1, 0.15) is 5.82 Å². The Hall–Kier alpha value is -1.40. The van der Waals surface area contributed by atoms with Crippen LogP contribution in [0.15, 0.2) is 12.3 Å². The van der Waals surface area contributed by atoms with E-state index < -0.39 is 0 Å². The molecule has 1 N–H and O–H groups in total. The number of nitrogens with one attached hydrogen (secondary N) is 1. The Balaban J connectivity index is 1.67. The van der Waals surface area contributed by atoms with Crippen LogP contribution < -0.4 is 10.2 Å². The van der Waals surface area contributed by atoms with Crippen LogP contribution in [0.1, 0.15) is 33.1 Å². The van der Waals surface area contributed by atoms with Gasteiger partial charge in [0.2, 0.25) is 5.95 Å². The molecule has 6 heteroatoms. The molecule has 122 valence electrons. The van der Waals surface area contributed by atoms with E-state index in [0.29, 0.717) is 6.04 Å².